The largest absolute Gasteiger partial charge is 0.481 e. The summed E-state index contributed by atoms with van der Waals surface area (Å²) in [6, 6.07) is 9.90. The molecule has 10 nitrogen and oxygen atoms in total. The van der Waals surface area contributed by atoms with E-state index in [0.717, 1.165) is 4.80 Å². The molecule has 0 spiro atoms. The number of halogens is 2. The van der Waals surface area contributed by atoms with Crippen LogP contribution >= 0.6 is 11.6 Å². The Kier molecular flexibility index (Phi) is 7.67. The lowest BCUT2D eigenvalue weighted by Gasteiger charge is -2.22. The third-order valence-electron chi connectivity index (χ3n) is 4.21. The highest BCUT2D eigenvalue weighted by atomic mass is 35.5. The molecule has 0 aliphatic heterocycles. The van der Waals surface area contributed by atoms with Crippen molar-refractivity contribution in [2.75, 3.05) is 0 Å². The zero-order valence-corrected chi connectivity index (χ0v) is 19.4. The normalized spacial score (nSPS) is 12.1. The first-order chi connectivity index (χ1) is 16.0. The Balaban J connectivity index is 1.70. The van der Waals surface area contributed by atoms with Gasteiger partial charge in [-0.25, -0.2) is 9.18 Å². The van der Waals surface area contributed by atoms with Crippen LogP contribution in [0.4, 0.5) is 9.18 Å². The lowest BCUT2D eigenvalue weighted by molar-refractivity contribution is -0.137. The van der Waals surface area contributed by atoms with Crippen molar-refractivity contribution in [1.29, 1.82) is 0 Å². The maximum Gasteiger partial charge on any atom is 0.407 e. The van der Waals surface area contributed by atoms with Crippen LogP contribution in [0.1, 0.15) is 27.2 Å². The van der Waals surface area contributed by atoms with Crippen LogP contribution in [0.25, 0.3) is 11.4 Å². The van der Waals surface area contributed by atoms with Crippen molar-refractivity contribution in [2.24, 2.45) is 0 Å². The Morgan fingerprint density at radius 1 is 1.18 bits per heavy atom. The SMILES string of the molecule is CC(C)(C)OC(=O)NC(CC(=O)O)Cn1nnc(-c2ccc(Oc3ccc(Cl)cc3)cc2F)n1. The van der Waals surface area contributed by atoms with E-state index in [1.165, 1.54) is 12.1 Å². The molecule has 1 aromatic heterocycles. The maximum absolute atomic E-state index is 14.7. The molecule has 1 amide bonds. The van der Waals surface area contributed by atoms with Gasteiger partial charge >= 0.3 is 12.1 Å². The fourth-order valence-corrected chi connectivity index (χ4v) is 2.98. The summed E-state index contributed by atoms with van der Waals surface area (Å²) >= 11 is 5.84. The molecule has 0 bridgehead atoms. The number of hydrogen-bond acceptors (Lipinski definition) is 7. The molecule has 0 fully saturated rings. The van der Waals surface area contributed by atoms with E-state index in [-0.39, 0.29) is 23.7 Å². The van der Waals surface area contributed by atoms with Crippen LogP contribution in [0.5, 0.6) is 11.5 Å². The fraction of sp³-hybridized carbons (Fsp3) is 0.318. The van der Waals surface area contributed by atoms with Gasteiger partial charge in [0.05, 0.1) is 24.6 Å². The van der Waals surface area contributed by atoms with Gasteiger partial charge in [0.2, 0.25) is 5.82 Å². The quantitative estimate of drug-likeness (QED) is 0.477. The molecule has 0 aliphatic carbocycles. The van der Waals surface area contributed by atoms with Crippen molar-refractivity contribution >= 4 is 23.7 Å². The predicted molar refractivity (Wildman–Crippen MR) is 120 cm³/mol. The topological polar surface area (TPSA) is 128 Å². The summed E-state index contributed by atoms with van der Waals surface area (Å²) in [5, 5.41) is 24.0. The maximum atomic E-state index is 14.7. The first-order valence-electron chi connectivity index (χ1n) is 10.2. The number of alkyl carbamates (subject to hydrolysis) is 1. The summed E-state index contributed by atoms with van der Waals surface area (Å²) in [6.07, 6.45) is -1.18. The molecule has 1 unspecified atom stereocenters. The molecule has 1 heterocycles. The van der Waals surface area contributed by atoms with Crippen LogP contribution < -0.4 is 10.1 Å². The summed E-state index contributed by atoms with van der Waals surface area (Å²) in [5.41, 5.74) is -0.679. The molecule has 0 saturated heterocycles. The Morgan fingerprint density at radius 2 is 1.85 bits per heavy atom. The van der Waals surface area contributed by atoms with Crippen molar-refractivity contribution < 1.29 is 28.6 Å². The smallest absolute Gasteiger partial charge is 0.407 e. The third kappa shape index (κ3) is 7.41. The van der Waals surface area contributed by atoms with Crippen molar-refractivity contribution in [3.8, 4) is 22.9 Å². The lowest BCUT2D eigenvalue weighted by atomic mass is 10.2. The molecule has 0 radical (unpaired) electrons. The highest BCUT2D eigenvalue weighted by Gasteiger charge is 2.23. The lowest BCUT2D eigenvalue weighted by Crippen LogP contribution is -2.42. The Morgan fingerprint density at radius 3 is 2.47 bits per heavy atom. The molecule has 3 aromatic rings. The molecule has 180 valence electrons. The van der Waals surface area contributed by atoms with E-state index in [4.69, 9.17) is 26.2 Å². The minimum Gasteiger partial charge on any atom is -0.481 e. The number of aliphatic carboxylic acids is 1. The number of rotatable bonds is 8. The molecular formula is C22H23ClFN5O5. The highest BCUT2D eigenvalue weighted by Crippen LogP contribution is 2.27. The molecule has 3 rings (SSSR count). The molecule has 1 atom stereocenters. The van der Waals surface area contributed by atoms with Gasteiger partial charge in [0, 0.05) is 11.1 Å². The monoisotopic (exact) mass is 491 g/mol. The summed E-state index contributed by atoms with van der Waals surface area (Å²) in [5.74, 6) is -1.03. The van der Waals surface area contributed by atoms with E-state index >= 15 is 0 Å². The molecular weight excluding hydrogens is 469 g/mol. The van der Waals surface area contributed by atoms with Gasteiger partial charge in [-0.15, -0.1) is 10.2 Å². The first-order valence-corrected chi connectivity index (χ1v) is 10.6. The number of benzene rings is 2. The predicted octanol–water partition coefficient (Wildman–Crippen LogP) is 4.29. The number of amides is 1. The van der Waals surface area contributed by atoms with Crippen LogP contribution in [0.15, 0.2) is 42.5 Å². The number of tetrazole rings is 1. The van der Waals surface area contributed by atoms with Gasteiger partial charge < -0.3 is 19.9 Å². The van der Waals surface area contributed by atoms with E-state index in [9.17, 15) is 14.0 Å². The van der Waals surface area contributed by atoms with Crippen molar-refractivity contribution in [1.82, 2.24) is 25.5 Å². The van der Waals surface area contributed by atoms with E-state index in [1.807, 2.05) is 0 Å². The Bertz CT molecular complexity index is 1160. The highest BCUT2D eigenvalue weighted by molar-refractivity contribution is 6.30. The second kappa shape index (κ2) is 10.5. The Hall–Kier alpha value is -3.73. The van der Waals surface area contributed by atoms with Crippen LogP contribution in [0.3, 0.4) is 0 Å². The minimum absolute atomic E-state index is 0.0121. The van der Waals surface area contributed by atoms with Crippen molar-refractivity contribution in [2.45, 2.75) is 45.4 Å². The number of carbonyl (C=O) groups excluding carboxylic acids is 1. The van der Waals surface area contributed by atoms with E-state index in [2.05, 4.69) is 20.7 Å². The number of ether oxygens (including phenoxy) is 2. The number of aromatic nitrogens is 4. The van der Waals surface area contributed by atoms with Crippen LogP contribution in [-0.4, -0.2) is 49.0 Å². The van der Waals surface area contributed by atoms with Crippen molar-refractivity contribution in [3.05, 3.63) is 53.3 Å². The van der Waals surface area contributed by atoms with Gasteiger partial charge in [-0.05, 0) is 62.4 Å². The van der Waals surface area contributed by atoms with Gasteiger partial charge in [0.1, 0.15) is 22.9 Å². The molecule has 12 heteroatoms. The summed E-state index contributed by atoms with van der Waals surface area (Å²) in [4.78, 5) is 24.3. The minimum atomic E-state index is -1.14. The average molecular weight is 492 g/mol. The zero-order valence-electron chi connectivity index (χ0n) is 18.7. The summed E-state index contributed by atoms with van der Waals surface area (Å²) in [7, 11) is 0. The fourth-order valence-electron chi connectivity index (χ4n) is 2.85. The van der Waals surface area contributed by atoms with Crippen LogP contribution in [0, 0.1) is 5.82 Å². The second-order valence-electron chi connectivity index (χ2n) is 8.31. The van der Waals surface area contributed by atoms with E-state index in [1.54, 1.807) is 51.1 Å². The molecule has 0 saturated carbocycles. The molecule has 0 aliphatic rings. The van der Waals surface area contributed by atoms with E-state index in [0.29, 0.717) is 10.8 Å². The van der Waals surface area contributed by atoms with Crippen molar-refractivity contribution in [3.63, 3.8) is 0 Å². The van der Waals surface area contributed by atoms with Gasteiger partial charge in [-0.1, -0.05) is 11.6 Å². The summed E-state index contributed by atoms with van der Waals surface area (Å²) in [6.45, 7) is 4.94. The van der Waals surface area contributed by atoms with Crippen LogP contribution in [-0.2, 0) is 16.1 Å². The zero-order chi connectivity index (χ0) is 24.9. The third-order valence-corrected chi connectivity index (χ3v) is 4.46. The van der Waals surface area contributed by atoms with Gasteiger partial charge in [-0.3, -0.25) is 4.79 Å². The second-order valence-corrected chi connectivity index (χ2v) is 8.74. The van der Waals surface area contributed by atoms with Crippen LogP contribution in [0.2, 0.25) is 5.02 Å². The molecule has 2 N–H and O–H groups in total. The summed E-state index contributed by atoms with van der Waals surface area (Å²) < 4.78 is 25.5. The first kappa shape index (κ1) is 24.9. The number of nitrogens with one attached hydrogen (secondary N) is 1. The standard InChI is InChI=1S/C22H23ClFN5O5/c1-22(2,3)34-21(32)25-14(10-19(30)31)12-29-27-20(26-28-29)17-9-8-16(11-18(17)24)33-15-6-4-13(23)5-7-15/h4-9,11,14H,10,12H2,1-3H3,(H,25,32)(H,30,31). The van der Waals surface area contributed by atoms with E-state index < -0.39 is 35.9 Å². The molecule has 34 heavy (non-hydrogen) atoms. The molecule has 2 aromatic carbocycles. The van der Waals surface area contributed by atoms with Gasteiger partial charge in [-0.2, -0.15) is 4.80 Å². The number of hydrogen-bond donors (Lipinski definition) is 2. The Labute approximate surface area is 199 Å². The number of carbonyl (C=O) groups is 2. The average Bonchev–Trinajstić information content (AvgIpc) is 3.16. The van der Waals surface area contributed by atoms with Gasteiger partial charge in [0.15, 0.2) is 0 Å². The number of nitrogens with zero attached hydrogens (tertiary/aromatic N) is 4. The number of carboxylic acid groups (broad SMARTS) is 1. The number of carboxylic acids is 1. The van der Waals surface area contributed by atoms with Gasteiger partial charge in [0.25, 0.3) is 0 Å².